The summed E-state index contributed by atoms with van der Waals surface area (Å²) in [6.45, 7) is 0.177. The van der Waals surface area contributed by atoms with E-state index in [0.717, 1.165) is 5.56 Å². The van der Waals surface area contributed by atoms with Crippen molar-refractivity contribution in [3.63, 3.8) is 0 Å². The van der Waals surface area contributed by atoms with Gasteiger partial charge >= 0.3 is 0 Å². The number of amides is 1. The highest BCUT2D eigenvalue weighted by Crippen LogP contribution is 2.33. The van der Waals surface area contributed by atoms with E-state index in [2.05, 4.69) is 5.32 Å². The number of nitrogens with zero attached hydrogens (tertiary/aromatic N) is 1. The zero-order valence-corrected chi connectivity index (χ0v) is 15.6. The van der Waals surface area contributed by atoms with Crippen molar-refractivity contribution in [2.45, 2.75) is 4.90 Å². The van der Waals surface area contributed by atoms with Gasteiger partial charge in [0.05, 0.1) is 16.3 Å². The average Bonchev–Trinajstić information content (AvgIpc) is 3.06. The van der Waals surface area contributed by atoms with Crippen molar-refractivity contribution in [3.05, 3.63) is 48.0 Å². The van der Waals surface area contributed by atoms with E-state index < -0.39 is 15.9 Å². The molecule has 0 saturated carbocycles. The molecule has 0 atom stereocenters. The average molecular weight is 389 g/mol. The summed E-state index contributed by atoms with van der Waals surface area (Å²) >= 11 is 0. The first-order valence-electron chi connectivity index (χ1n) is 7.97. The molecule has 3 N–H and O–H groups in total. The highest BCUT2D eigenvalue weighted by atomic mass is 32.2. The number of hydrogen-bond donors (Lipinski definition) is 2. The molecule has 3 rings (SSSR count). The first-order valence-corrected chi connectivity index (χ1v) is 9.51. The Morgan fingerprint density at radius 3 is 2.59 bits per heavy atom. The Bertz CT molecular complexity index is 1020. The number of carbonyl (C=O) groups is 1. The molecule has 0 saturated heterocycles. The zero-order valence-electron chi connectivity index (χ0n) is 14.8. The molecule has 0 aliphatic carbocycles. The van der Waals surface area contributed by atoms with E-state index in [4.69, 9.17) is 14.6 Å². The van der Waals surface area contributed by atoms with Crippen molar-refractivity contribution in [2.24, 2.45) is 5.14 Å². The molecule has 0 fully saturated rings. The van der Waals surface area contributed by atoms with Crippen molar-refractivity contribution in [3.8, 4) is 11.5 Å². The van der Waals surface area contributed by atoms with Gasteiger partial charge in [0.15, 0.2) is 11.5 Å². The van der Waals surface area contributed by atoms with E-state index >= 15 is 0 Å². The lowest BCUT2D eigenvalue weighted by atomic mass is 10.2. The summed E-state index contributed by atoms with van der Waals surface area (Å²) in [4.78, 5) is 14.0. The van der Waals surface area contributed by atoms with Gasteiger partial charge in [0.2, 0.25) is 22.7 Å². The maximum Gasteiger partial charge on any atom is 0.248 e. The number of nitrogens with two attached hydrogens (primary N) is 1. The van der Waals surface area contributed by atoms with Crippen LogP contribution in [0.2, 0.25) is 0 Å². The number of benzene rings is 2. The molecule has 1 heterocycles. The van der Waals surface area contributed by atoms with Gasteiger partial charge in [0, 0.05) is 20.2 Å². The molecule has 1 amide bonds. The highest BCUT2D eigenvalue weighted by Gasteiger charge is 2.14. The van der Waals surface area contributed by atoms with E-state index in [1.807, 2.05) is 0 Å². The highest BCUT2D eigenvalue weighted by molar-refractivity contribution is 7.89. The van der Waals surface area contributed by atoms with Gasteiger partial charge in [-0.25, -0.2) is 13.6 Å². The molecular formula is C18H19N3O5S. The molecule has 27 heavy (non-hydrogen) atoms. The lowest BCUT2D eigenvalue weighted by molar-refractivity contribution is -0.111. The molecule has 8 nitrogen and oxygen atoms in total. The number of nitrogens with one attached hydrogen (secondary N) is 1. The smallest absolute Gasteiger partial charge is 0.248 e. The van der Waals surface area contributed by atoms with Crippen molar-refractivity contribution < 1.29 is 22.7 Å². The molecule has 0 unspecified atom stereocenters. The molecule has 142 valence electrons. The fourth-order valence-electron chi connectivity index (χ4n) is 2.55. The molecule has 0 aromatic heterocycles. The Morgan fingerprint density at radius 2 is 1.89 bits per heavy atom. The summed E-state index contributed by atoms with van der Waals surface area (Å²) < 4.78 is 33.7. The summed E-state index contributed by atoms with van der Waals surface area (Å²) in [5, 5.41) is 7.86. The van der Waals surface area contributed by atoms with Crippen LogP contribution in [0.1, 0.15) is 5.56 Å². The Balaban J connectivity index is 1.80. The predicted molar refractivity (Wildman–Crippen MR) is 102 cm³/mol. The monoisotopic (exact) mass is 389 g/mol. The van der Waals surface area contributed by atoms with Crippen molar-refractivity contribution >= 4 is 33.4 Å². The standard InChI is InChI=1S/C18H19N3O5S/c1-21(2)15-6-5-13(27(19,23)24)10-14(15)20-18(22)8-4-12-3-7-16-17(9-12)26-11-25-16/h3-10H,11H2,1-2H3,(H,20,22)(H2,19,23,24)/b8-4+. The summed E-state index contributed by atoms with van der Waals surface area (Å²) in [5.41, 5.74) is 1.75. The summed E-state index contributed by atoms with van der Waals surface area (Å²) in [7, 11) is -0.315. The molecule has 0 bridgehead atoms. The number of anilines is 2. The molecule has 9 heteroatoms. The van der Waals surface area contributed by atoms with Gasteiger partial charge in [-0.05, 0) is 42.0 Å². The minimum Gasteiger partial charge on any atom is -0.454 e. The van der Waals surface area contributed by atoms with Crippen LogP contribution in [0.5, 0.6) is 11.5 Å². The largest absolute Gasteiger partial charge is 0.454 e. The SMILES string of the molecule is CN(C)c1ccc(S(N)(=O)=O)cc1NC(=O)/C=C/c1ccc2c(c1)OCO2. The van der Waals surface area contributed by atoms with Gasteiger partial charge < -0.3 is 19.7 Å². The second kappa shape index (κ2) is 7.29. The minimum atomic E-state index is -3.88. The van der Waals surface area contributed by atoms with Crippen LogP contribution < -0.4 is 24.8 Å². The molecule has 0 radical (unpaired) electrons. The van der Waals surface area contributed by atoms with Crippen LogP contribution in [0, 0.1) is 0 Å². The van der Waals surface area contributed by atoms with E-state index in [1.165, 1.54) is 18.2 Å². The van der Waals surface area contributed by atoms with Crippen molar-refractivity contribution in [2.75, 3.05) is 31.1 Å². The van der Waals surface area contributed by atoms with Crippen LogP contribution in [-0.2, 0) is 14.8 Å². The zero-order chi connectivity index (χ0) is 19.6. The van der Waals surface area contributed by atoms with Crippen molar-refractivity contribution in [1.82, 2.24) is 0 Å². The molecule has 2 aromatic rings. The number of rotatable bonds is 5. The fraction of sp³-hybridized carbons (Fsp3) is 0.167. The van der Waals surface area contributed by atoms with E-state index in [1.54, 1.807) is 49.3 Å². The molecule has 0 spiro atoms. The first-order chi connectivity index (χ1) is 12.7. The van der Waals surface area contributed by atoms with Crippen molar-refractivity contribution in [1.29, 1.82) is 0 Å². The van der Waals surface area contributed by atoms with Crippen LogP contribution >= 0.6 is 0 Å². The van der Waals surface area contributed by atoms with Gasteiger partial charge in [-0.2, -0.15) is 0 Å². The third-order valence-electron chi connectivity index (χ3n) is 3.86. The maximum atomic E-state index is 12.3. The number of fused-ring (bicyclic) bond motifs is 1. The lowest BCUT2D eigenvalue weighted by Crippen LogP contribution is -2.17. The summed E-state index contributed by atoms with van der Waals surface area (Å²) in [6.07, 6.45) is 2.97. The molecule has 1 aliphatic rings. The maximum absolute atomic E-state index is 12.3. The Labute approximate surface area is 157 Å². The van der Waals surface area contributed by atoms with E-state index in [0.29, 0.717) is 22.9 Å². The molecular weight excluding hydrogens is 370 g/mol. The Kier molecular flexibility index (Phi) is 5.06. The van der Waals surface area contributed by atoms with Crippen LogP contribution in [0.3, 0.4) is 0 Å². The second-order valence-electron chi connectivity index (χ2n) is 6.05. The summed E-state index contributed by atoms with van der Waals surface area (Å²) in [5.74, 6) is 0.864. The topological polar surface area (TPSA) is 111 Å². The third kappa shape index (κ3) is 4.39. The second-order valence-corrected chi connectivity index (χ2v) is 7.62. The van der Waals surface area contributed by atoms with Gasteiger partial charge in [0.25, 0.3) is 0 Å². The van der Waals surface area contributed by atoms with E-state index in [-0.39, 0.29) is 11.7 Å². The van der Waals surface area contributed by atoms with Crippen LogP contribution in [0.15, 0.2) is 47.4 Å². The minimum absolute atomic E-state index is 0.0804. The molecule has 2 aromatic carbocycles. The fourth-order valence-corrected chi connectivity index (χ4v) is 3.09. The number of primary sulfonamides is 1. The number of hydrogen-bond acceptors (Lipinski definition) is 6. The quantitative estimate of drug-likeness (QED) is 0.754. The van der Waals surface area contributed by atoms with Gasteiger partial charge in [-0.3, -0.25) is 4.79 Å². The number of ether oxygens (including phenoxy) is 2. The Morgan fingerprint density at radius 1 is 1.15 bits per heavy atom. The third-order valence-corrected chi connectivity index (χ3v) is 4.77. The first kappa shape index (κ1) is 18.7. The Hall–Kier alpha value is -3.04. The van der Waals surface area contributed by atoms with Crippen LogP contribution in [0.25, 0.3) is 6.08 Å². The lowest BCUT2D eigenvalue weighted by Gasteiger charge is -2.18. The summed E-state index contributed by atoms with van der Waals surface area (Å²) in [6, 6.07) is 9.62. The number of carbonyl (C=O) groups excluding carboxylic acids is 1. The van der Waals surface area contributed by atoms with Gasteiger partial charge in [0.1, 0.15) is 0 Å². The van der Waals surface area contributed by atoms with E-state index in [9.17, 15) is 13.2 Å². The van der Waals surface area contributed by atoms with Gasteiger partial charge in [-0.1, -0.05) is 6.07 Å². The number of sulfonamides is 1. The predicted octanol–water partition coefficient (Wildman–Crippen LogP) is 1.78. The van der Waals surface area contributed by atoms with Gasteiger partial charge in [-0.15, -0.1) is 0 Å². The molecule has 1 aliphatic heterocycles. The van der Waals surface area contributed by atoms with Crippen LogP contribution in [-0.4, -0.2) is 35.2 Å². The normalized spacial score (nSPS) is 13.0. The van der Waals surface area contributed by atoms with Crippen LogP contribution in [0.4, 0.5) is 11.4 Å².